The molecular formula is C15H19NO4. The Balaban J connectivity index is 1.96. The average Bonchev–Trinajstić information content (AvgIpc) is 2.47. The Morgan fingerprint density at radius 3 is 2.95 bits per heavy atom. The highest BCUT2D eigenvalue weighted by atomic mass is 16.5. The van der Waals surface area contributed by atoms with Gasteiger partial charge in [0.05, 0.1) is 19.8 Å². The predicted molar refractivity (Wildman–Crippen MR) is 72.8 cm³/mol. The van der Waals surface area contributed by atoms with Crippen molar-refractivity contribution in [2.45, 2.75) is 19.0 Å². The maximum atomic E-state index is 11.5. The molecule has 0 radical (unpaired) electrons. The van der Waals surface area contributed by atoms with Gasteiger partial charge in [0.1, 0.15) is 11.8 Å². The van der Waals surface area contributed by atoms with Crippen molar-refractivity contribution in [2.75, 3.05) is 26.4 Å². The minimum absolute atomic E-state index is 0.0740. The van der Waals surface area contributed by atoms with Gasteiger partial charge in [-0.15, -0.1) is 0 Å². The van der Waals surface area contributed by atoms with Crippen LogP contribution in [-0.2, 0) is 9.53 Å². The fraction of sp³-hybridized carbons (Fsp3) is 0.533. The van der Waals surface area contributed by atoms with E-state index in [1.165, 1.54) is 0 Å². The van der Waals surface area contributed by atoms with Crippen LogP contribution in [0.15, 0.2) is 24.3 Å². The first-order chi connectivity index (χ1) is 9.68. The summed E-state index contributed by atoms with van der Waals surface area (Å²) in [5, 5.41) is 9.42. The third-order valence-electron chi connectivity index (χ3n) is 4.09. The van der Waals surface area contributed by atoms with Crippen molar-refractivity contribution in [1.29, 1.82) is 0 Å². The van der Waals surface area contributed by atoms with Crippen LogP contribution >= 0.6 is 0 Å². The Hall–Kier alpha value is -1.59. The minimum Gasteiger partial charge on any atom is -0.493 e. The number of hydrogen-bond donors (Lipinski definition) is 1. The normalized spacial score (nSPS) is 30.4. The Kier molecular flexibility index (Phi) is 3.63. The van der Waals surface area contributed by atoms with Gasteiger partial charge in [-0.1, -0.05) is 25.1 Å². The van der Waals surface area contributed by atoms with Gasteiger partial charge in [0.25, 0.3) is 0 Å². The quantitative estimate of drug-likeness (QED) is 0.888. The summed E-state index contributed by atoms with van der Waals surface area (Å²) in [6.07, 6.45) is 0. The number of rotatable bonds is 2. The number of fused-ring (bicyclic) bond motifs is 1. The van der Waals surface area contributed by atoms with Gasteiger partial charge in [-0.25, -0.2) is 0 Å². The molecule has 1 aromatic rings. The third kappa shape index (κ3) is 2.27. The van der Waals surface area contributed by atoms with Crippen LogP contribution in [0.2, 0.25) is 0 Å². The molecule has 0 aromatic heterocycles. The fourth-order valence-corrected chi connectivity index (χ4v) is 3.14. The molecule has 2 aliphatic rings. The van der Waals surface area contributed by atoms with E-state index in [1.807, 2.05) is 24.3 Å². The first kappa shape index (κ1) is 13.4. The summed E-state index contributed by atoms with van der Waals surface area (Å²) >= 11 is 0. The molecule has 1 fully saturated rings. The molecule has 2 heterocycles. The zero-order chi connectivity index (χ0) is 14.1. The third-order valence-corrected chi connectivity index (χ3v) is 4.09. The lowest BCUT2D eigenvalue weighted by molar-refractivity contribution is -0.153. The highest BCUT2D eigenvalue weighted by Gasteiger charge is 2.40. The van der Waals surface area contributed by atoms with Crippen LogP contribution in [0.25, 0.3) is 0 Å². The molecule has 1 aromatic carbocycles. The van der Waals surface area contributed by atoms with Crippen molar-refractivity contribution in [3.05, 3.63) is 29.8 Å². The average molecular weight is 277 g/mol. The van der Waals surface area contributed by atoms with E-state index < -0.39 is 12.0 Å². The zero-order valence-corrected chi connectivity index (χ0v) is 11.5. The second-order valence-corrected chi connectivity index (χ2v) is 5.44. The number of hydrogen-bond acceptors (Lipinski definition) is 4. The summed E-state index contributed by atoms with van der Waals surface area (Å²) in [6.45, 7) is 4.19. The lowest BCUT2D eigenvalue weighted by Gasteiger charge is -2.44. The molecule has 3 rings (SSSR count). The number of carboxylic acid groups (broad SMARTS) is 1. The molecule has 1 N–H and O–H groups in total. The van der Waals surface area contributed by atoms with Crippen LogP contribution in [0.3, 0.4) is 0 Å². The maximum Gasteiger partial charge on any atom is 0.323 e. The van der Waals surface area contributed by atoms with Gasteiger partial charge in [0.2, 0.25) is 0 Å². The van der Waals surface area contributed by atoms with E-state index >= 15 is 0 Å². The molecule has 3 unspecified atom stereocenters. The number of aliphatic carboxylic acids is 1. The first-order valence-electron chi connectivity index (χ1n) is 6.96. The van der Waals surface area contributed by atoms with Gasteiger partial charge in [0, 0.05) is 24.1 Å². The number of morpholine rings is 1. The van der Waals surface area contributed by atoms with Gasteiger partial charge in [-0.05, 0) is 6.07 Å². The van der Waals surface area contributed by atoms with Gasteiger partial charge in [-0.3, -0.25) is 9.69 Å². The predicted octanol–water partition coefficient (Wildman–Crippen LogP) is 1.54. The van der Waals surface area contributed by atoms with Crippen LogP contribution in [-0.4, -0.2) is 48.4 Å². The first-order valence-corrected chi connectivity index (χ1v) is 6.96. The number of carbonyl (C=O) groups is 1. The highest BCUT2D eigenvalue weighted by Crippen LogP contribution is 2.40. The summed E-state index contributed by atoms with van der Waals surface area (Å²) in [5.41, 5.74) is 1.08. The van der Waals surface area contributed by atoms with Crippen LogP contribution in [0.4, 0.5) is 0 Å². The Bertz CT molecular complexity index is 504. The van der Waals surface area contributed by atoms with Crippen molar-refractivity contribution >= 4 is 5.97 Å². The summed E-state index contributed by atoms with van der Waals surface area (Å²) < 4.78 is 11.1. The Morgan fingerprint density at radius 2 is 2.15 bits per heavy atom. The van der Waals surface area contributed by atoms with E-state index in [1.54, 1.807) is 0 Å². The zero-order valence-electron chi connectivity index (χ0n) is 11.5. The molecule has 108 valence electrons. The molecule has 0 bridgehead atoms. The molecule has 5 nitrogen and oxygen atoms in total. The maximum absolute atomic E-state index is 11.5. The molecular weight excluding hydrogens is 258 g/mol. The largest absolute Gasteiger partial charge is 0.493 e. The molecule has 3 atom stereocenters. The van der Waals surface area contributed by atoms with E-state index in [9.17, 15) is 9.90 Å². The van der Waals surface area contributed by atoms with Crippen molar-refractivity contribution in [3.63, 3.8) is 0 Å². The van der Waals surface area contributed by atoms with Crippen molar-refractivity contribution < 1.29 is 19.4 Å². The van der Waals surface area contributed by atoms with Crippen LogP contribution in [0.1, 0.15) is 18.5 Å². The van der Waals surface area contributed by atoms with Crippen LogP contribution in [0.5, 0.6) is 5.75 Å². The number of ether oxygens (including phenoxy) is 2. The van der Waals surface area contributed by atoms with Crippen molar-refractivity contribution in [2.24, 2.45) is 5.92 Å². The second-order valence-electron chi connectivity index (χ2n) is 5.44. The Morgan fingerprint density at radius 1 is 1.35 bits per heavy atom. The van der Waals surface area contributed by atoms with E-state index in [0.717, 1.165) is 11.3 Å². The number of para-hydroxylation sites is 1. The molecule has 1 saturated heterocycles. The Labute approximate surface area is 118 Å². The molecule has 0 spiro atoms. The minimum atomic E-state index is -0.819. The molecule has 5 heteroatoms. The molecule has 0 saturated carbocycles. The number of nitrogens with zero attached hydrogens (tertiary/aromatic N) is 1. The molecule has 0 amide bonds. The molecule has 20 heavy (non-hydrogen) atoms. The van der Waals surface area contributed by atoms with Crippen LogP contribution in [0, 0.1) is 5.92 Å². The highest BCUT2D eigenvalue weighted by molar-refractivity contribution is 5.74. The fourth-order valence-electron chi connectivity index (χ4n) is 3.14. The SMILES string of the molecule is CC1COc2ccccc2C1N1CCOCC1C(=O)O. The standard InChI is InChI=1S/C15H19NO4/c1-10-8-20-13-5-3-2-4-11(13)14(10)16-6-7-19-9-12(16)15(17)18/h2-5,10,12,14H,6-9H2,1H3,(H,17,18). The van der Waals surface area contributed by atoms with Crippen molar-refractivity contribution in [1.82, 2.24) is 4.90 Å². The topological polar surface area (TPSA) is 59.0 Å². The second kappa shape index (κ2) is 5.42. The van der Waals surface area contributed by atoms with Gasteiger partial charge >= 0.3 is 5.97 Å². The summed E-state index contributed by atoms with van der Waals surface area (Å²) in [7, 11) is 0. The summed E-state index contributed by atoms with van der Waals surface area (Å²) in [5.74, 6) is 0.303. The number of carboxylic acids is 1. The van der Waals surface area contributed by atoms with Gasteiger partial charge in [0.15, 0.2) is 0 Å². The lowest BCUT2D eigenvalue weighted by atomic mass is 9.89. The molecule has 2 aliphatic heterocycles. The van der Waals surface area contributed by atoms with Gasteiger partial charge < -0.3 is 14.6 Å². The van der Waals surface area contributed by atoms with E-state index in [0.29, 0.717) is 19.8 Å². The number of benzene rings is 1. The summed E-state index contributed by atoms with van der Waals surface area (Å²) in [4.78, 5) is 13.5. The monoisotopic (exact) mass is 277 g/mol. The lowest BCUT2D eigenvalue weighted by Crippen LogP contribution is -2.53. The molecule has 0 aliphatic carbocycles. The van der Waals surface area contributed by atoms with Crippen LogP contribution < -0.4 is 4.74 Å². The van der Waals surface area contributed by atoms with E-state index in [-0.39, 0.29) is 18.6 Å². The van der Waals surface area contributed by atoms with Crippen molar-refractivity contribution in [3.8, 4) is 5.75 Å². The van der Waals surface area contributed by atoms with E-state index in [2.05, 4.69) is 11.8 Å². The smallest absolute Gasteiger partial charge is 0.323 e. The van der Waals surface area contributed by atoms with E-state index in [4.69, 9.17) is 9.47 Å². The van der Waals surface area contributed by atoms with Gasteiger partial charge in [-0.2, -0.15) is 0 Å². The summed E-state index contributed by atoms with van der Waals surface area (Å²) in [6, 6.07) is 7.39.